The third-order valence-corrected chi connectivity index (χ3v) is 3.87. The van der Waals surface area contributed by atoms with Gasteiger partial charge in [0, 0.05) is 24.1 Å². The molecule has 5 nitrogen and oxygen atoms in total. The molecule has 8 heteroatoms. The van der Waals surface area contributed by atoms with Crippen LogP contribution in [0.25, 0.3) is 0 Å². The normalized spacial score (nSPS) is 18.7. The van der Waals surface area contributed by atoms with Crippen molar-refractivity contribution in [2.45, 2.75) is 6.04 Å². The Bertz CT molecular complexity index is 541. The highest BCUT2D eigenvalue weighted by atomic mass is 32.2. The van der Waals surface area contributed by atoms with E-state index in [2.05, 4.69) is 5.32 Å². The summed E-state index contributed by atoms with van der Waals surface area (Å²) in [6.07, 6.45) is 0. The SMILES string of the molecule is O=C(O)C1CSCCN1C(=O)Nc1cc(F)ccc1F. The number of nitrogens with zero attached hydrogens (tertiary/aromatic N) is 1. The fourth-order valence-electron chi connectivity index (χ4n) is 1.83. The molecule has 1 heterocycles. The zero-order valence-corrected chi connectivity index (χ0v) is 11.1. The zero-order chi connectivity index (χ0) is 14.7. The number of carboxylic acid groups (broad SMARTS) is 1. The maximum absolute atomic E-state index is 13.4. The highest BCUT2D eigenvalue weighted by Gasteiger charge is 2.32. The average Bonchev–Trinajstić information content (AvgIpc) is 2.42. The largest absolute Gasteiger partial charge is 0.480 e. The van der Waals surface area contributed by atoms with Gasteiger partial charge in [-0.1, -0.05) is 0 Å². The van der Waals surface area contributed by atoms with Gasteiger partial charge in [-0.15, -0.1) is 0 Å². The highest BCUT2D eigenvalue weighted by molar-refractivity contribution is 7.99. The second kappa shape index (κ2) is 6.08. The van der Waals surface area contributed by atoms with Crippen molar-refractivity contribution in [3.63, 3.8) is 0 Å². The number of hydrogen-bond donors (Lipinski definition) is 2. The topological polar surface area (TPSA) is 69.6 Å². The molecule has 0 radical (unpaired) electrons. The molecule has 1 unspecified atom stereocenters. The van der Waals surface area contributed by atoms with Gasteiger partial charge in [0.15, 0.2) is 0 Å². The van der Waals surface area contributed by atoms with Gasteiger partial charge >= 0.3 is 12.0 Å². The molecule has 1 atom stereocenters. The number of nitrogens with one attached hydrogen (secondary N) is 1. The Morgan fingerprint density at radius 2 is 2.15 bits per heavy atom. The first kappa shape index (κ1) is 14.6. The molecule has 0 aromatic heterocycles. The van der Waals surface area contributed by atoms with E-state index in [1.807, 2.05) is 0 Å². The van der Waals surface area contributed by atoms with Gasteiger partial charge in [-0.05, 0) is 12.1 Å². The summed E-state index contributed by atoms with van der Waals surface area (Å²) in [6.45, 7) is 0.240. The van der Waals surface area contributed by atoms with E-state index in [0.717, 1.165) is 23.1 Å². The molecule has 0 spiro atoms. The smallest absolute Gasteiger partial charge is 0.327 e. The molecule has 1 aromatic rings. The average molecular weight is 302 g/mol. The molecular weight excluding hydrogens is 290 g/mol. The molecule has 0 aliphatic carbocycles. The number of carbonyl (C=O) groups excluding carboxylic acids is 1. The predicted octanol–water partition coefficient (Wildman–Crippen LogP) is 2.00. The number of hydrogen-bond acceptors (Lipinski definition) is 3. The Morgan fingerprint density at radius 3 is 2.85 bits per heavy atom. The maximum Gasteiger partial charge on any atom is 0.327 e. The minimum Gasteiger partial charge on any atom is -0.480 e. The lowest BCUT2D eigenvalue weighted by Gasteiger charge is -2.32. The van der Waals surface area contributed by atoms with Gasteiger partial charge in [-0.3, -0.25) is 0 Å². The summed E-state index contributed by atoms with van der Waals surface area (Å²) in [6, 6.07) is 0.961. The molecule has 0 bridgehead atoms. The van der Waals surface area contributed by atoms with Gasteiger partial charge in [0.2, 0.25) is 0 Å². The first-order chi connectivity index (χ1) is 9.49. The highest BCUT2D eigenvalue weighted by Crippen LogP contribution is 2.20. The van der Waals surface area contributed by atoms with E-state index >= 15 is 0 Å². The number of aliphatic carboxylic acids is 1. The summed E-state index contributed by atoms with van der Waals surface area (Å²) in [5.41, 5.74) is -0.308. The molecule has 20 heavy (non-hydrogen) atoms. The lowest BCUT2D eigenvalue weighted by Crippen LogP contribution is -2.51. The van der Waals surface area contributed by atoms with Crippen molar-refractivity contribution in [2.24, 2.45) is 0 Å². The molecule has 1 fully saturated rings. The summed E-state index contributed by atoms with van der Waals surface area (Å²) >= 11 is 1.43. The maximum atomic E-state index is 13.4. The molecule has 0 saturated carbocycles. The molecule has 1 saturated heterocycles. The van der Waals surface area contributed by atoms with Crippen molar-refractivity contribution in [3.8, 4) is 0 Å². The van der Waals surface area contributed by atoms with Gasteiger partial charge < -0.3 is 15.3 Å². The minimum absolute atomic E-state index is 0.240. The van der Waals surface area contributed by atoms with Gasteiger partial charge in [0.05, 0.1) is 5.69 Å². The summed E-state index contributed by atoms with van der Waals surface area (Å²) in [7, 11) is 0. The minimum atomic E-state index is -1.12. The third kappa shape index (κ3) is 3.19. The first-order valence-electron chi connectivity index (χ1n) is 5.82. The zero-order valence-electron chi connectivity index (χ0n) is 10.3. The molecule has 1 aliphatic rings. The van der Waals surface area contributed by atoms with E-state index in [9.17, 15) is 18.4 Å². The Labute approximate surface area is 117 Å². The van der Waals surface area contributed by atoms with Crippen LogP contribution >= 0.6 is 11.8 Å². The summed E-state index contributed by atoms with van der Waals surface area (Å²) < 4.78 is 26.4. The Balaban J connectivity index is 2.14. The van der Waals surface area contributed by atoms with E-state index in [1.54, 1.807) is 0 Å². The fourth-order valence-corrected chi connectivity index (χ4v) is 2.87. The monoisotopic (exact) mass is 302 g/mol. The molecule has 2 rings (SSSR count). The van der Waals surface area contributed by atoms with Crippen LogP contribution in [0.1, 0.15) is 0 Å². The lowest BCUT2D eigenvalue weighted by molar-refractivity contribution is -0.141. The van der Waals surface area contributed by atoms with Gasteiger partial charge in [-0.25, -0.2) is 18.4 Å². The van der Waals surface area contributed by atoms with Crippen LogP contribution in [-0.4, -0.2) is 46.1 Å². The Morgan fingerprint density at radius 1 is 1.40 bits per heavy atom. The van der Waals surface area contributed by atoms with Crippen molar-refractivity contribution in [1.82, 2.24) is 4.90 Å². The van der Waals surface area contributed by atoms with Crippen molar-refractivity contribution in [1.29, 1.82) is 0 Å². The van der Waals surface area contributed by atoms with Crippen LogP contribution in [0, 0.1) is 11.6 Å². The van der Waals surface area contributed by atoms with Crippen molar-refractivity contribution in [3.05, 3.63) is 29.8 Å². The van der Waals surface area contributed by atoms with Crippen LogP contribution in [0.5, 0.6) is 0 Å². The fraction of sp³-hybridized carbons (Fsp3) is 0.333. The van der Waals surface area contributed by atoms with Crippen LogP contribution in [0.3, 0.4) is 0 Å². The van der Waals surface area contributed by atoms with Crippen LogP contribution in [-0.2, 0) is 4.79 Å². The van der Waals surface area contributed by atoms with Gasteiger partial charge in [0.25, 0.3) is 0 Å². The van der Waals surface area contributed by atoms with Gasteiger partial charge in [-0.2, -0.15) is 11.8 Å². The second-order valence-electron chi connectivity index (χ2n) is 4.18. The number of carboxylic acids is 1. The molecule has 2 N–H and O–H groups in total. The number of anilines is 1. The van der Waals surface area contributed by atoms with Crippen LogP contribution in [0.15, 0.2) is 18.2 Å². The molecular formula is C12H12F2N2O3S. The van der Waals surface area contributed by atoms with Crippen molar-refractivity contribution in [2.75, 3.05) is 23.4 Å². The predicted molar refractivity (Wildman–Crippen MR) is 70.8 cm³/mol. The number of thioether (sulfide) groups is 1. The van der Waals surface area contributed by atoms with Crippen LogP contribution in [0.4, 0.5) is 19.3 Å². The number of urea groups is 1. The molecule has 2 amide bonds. The lowest BCUT2D eigenvalue weighted by atomic mass is 10.2. The van der Waals surface area contributed by atoms with E-state index in [1.165, 1.54) is 11.8 Å². The Kier molecular flexibility index (Phi) is 4.43. The number of rotatable bonds is 2. The summed E-state index contributed by atoms with van der Waals surface area (Å²) in [4.78, 5) is 24.2. The second-order valence-corrected chi connectivity index (χ2v) is 5.33. The van der Waals surface area contributed by atoms with E-state index in [-0.39, 0.29) is 18.0 Å². The van der Waals surface area contributed by atoms with E-state index < -0.39 is 29.7 Å². The Hall–Kier alpha value is -1.83. The van der Waals surface area contributed by atoms with Crippen LogP contribution in [0.2, 0.25) is 0 Å². The molecule has 1 aromatic carbocycles. The third-order valence-electron chi connectivity index (χ3n) is 2.84. The van der Waals surface area contributed by atoms with Gasteiger partial charge in [0.1, 0.15) is 17.7 Å². The van der Waals surface area contributed by atoms with E-state index in [4.69, 9.17) is 5.11 Å². The summed E-state index contributed by atoms with van der Waals surface area (Å²) in [5.74, 6) is -1.72. The summed E-state index contributed by atoms with van der Waals surface area (Å²) in [5, 5.41) is 11.3. The number of amides is 2. The van der Waals surface area contributed by atoms with Crippen molar-refractivity contribution >= 4 is 29.4 Å². The number of halogens is 2. The number of benzene rings is 1. The first-order valence-corrected chi connectivity index (χ1v) is 6.97. The van der Waals surface area contributed by atoms with E-state index in [0.29, 0.717) is 5.75 Å². The molecule has 108 valence electrons. The quantitative estimate of drug-likeness (QED) is 0.876. The molecule has 1 aliphatic heterocycles. The standard InChI is InChI=1S/C12H12F2N2O3S/c13-7-1-2-8(14)9(5-7)15-12(19)16-3-4-20-6-10(16)11(17)18/h1-2,5,10H,3-4,6H2,(H,15,19)(H,17,18). The number of carbonyl (C=O) groups is 2. The van der Waals surface area contributed by atoms with Crippen molar-refractivity contribution < 1.29 is 23.5 Å². The van der Waals surface area contributed by atoms with Crippen LogP contribution < -0.4 is 5.32 Å².